The molecule has 1 aromatic rings. The van der Waals surface area contributed by atoms with Gasteiger partial charge in [0.1, 0.15) is 0 Å². The molecule has 2 aliphatic heterocycles. The van der Waals surface area contributed by atoms with E-state index >= 15 is 0 Å². The van der Waals surface area contributed by atoms with Crippen LogP contribution in [-0.4, -0.2) is 37.6 Å². The van der Waals surface area contributed by atoms with E-state index in [4.69, 9.17) is 5.73 Å². The number of aryl methyl sites for hydroxylation is 1. The lowest BCUT2D eigenvalue weighted by atomic mass is 9.98. The van der Waals surface area contributed by atoms with E-state index in [9.17, 15) is 0 Å². The lowest BCUT2D eigenvalue weighted by Crippen LogP contribution is -2.35. The van der Waals surface area contributed by atoms with E-state index in [-0.39, 0.29) is 0 Å². The SMILES string of the molecule is CC1CCN(c2ccc(CCCN3CCCC(C)C3)cc2N)CC1. The van der Waals surface area contributed by atoms with Gasteiger partial charge in [0, 0.05) is 19.6 Å². The van der Waals surface area contributed by atoms with Crippen molar-refractivity contribution in [2.24, 2.45) is 11.8 Å². The lowest BCUT2D eigenvalue weighted by molar-refractivity contribution is 0.182. The summed E-state index contributed by atoms with van der Waals surface area (Å²) in [6.07, 6.45) is 7.74. The molecule has 24 heavy (non-hydrogen) atoms. The highest BCUT2D eigenvalue weighted by molar-refractivity contribution is 5.68. The van der Waals surface area contributed by atoms with Crippen molar-refractivity contribution in [1.82, 2.24) is 4.90 Å². The summed E-state index contributed by atoms with van der Waals surface area (Å²) in [6.45, 7) is 10.8. The zero-order valence-corrected chi connectivity index (χ0v) is 15.6. The standard InChI is InChI=1S/C21H35N3/c1-17-9-13-24(14-10-17)21-8-7-19(15-20(21)22)6-4-12-23-11-3-5-18(2)16-23/h7-8,15,17-18H,3-6,9-14,16,22H2,1-2H3. The van der Waals surface area contributed by atoms with Gasteiger partial charge >= 0.3 is 0 Å². The molecule has 1 unspecified atom stereocenters. The molecule has 0 amide bonds. The Morgan fingerprint density at radius 1 is 1.04 bits per heavy atom. The number of likely N-dealkylation sites (tertiary alicyclic amines) is 1. The Morgan fingerprint density at radius 3 is 2.54 bits per heavy atom. The first kappa shape index (κ1) is 17.6. The molecular weight excluding hydrogens is 294 g/mol. The number of anilines is 2. The van der Waals surface area contributed by atoms with Gasteiger partial charge in [0.2, 0.25) is 0 Å². The fourth-order valence-electron chi connectivity index (χ4n) is 4.29. The van der Waals surface area contributed by atoms with Gasteiger partial charge in [0.05, 0.1) is 11.4 Å². The van der Waals surface area contributed by atoms with Gasteiger partial charge in [-0.25, -0.2) is 0 Å². The maximum absolute atomic E-state index is 6.37. The van der Waals surface area contributed by atoms with Gasteiger partial charge in [-0.1, -0.05) is 19.9 Å². The molecule has 134 valence electrons. The van der Waals surface area contributed by atoms with Crippen molar-refractivity contribution in [3.63, 3.8) is 0 Å². The average molecular weight is 330 g/mol. The smallest absolute Gasteiger partial charge is 0.0600 e. The van der Waals surface area contributed by atoms with Crippen LogP contribution in [0.25, 0.3) is 0 Å². The summed E-state index contributed by atoms with van der Waals surface area (Å²) >= 11 is 0. The second kappa shape index (κ2) is 8.24. The Bertz CT molecular complexity index is 520. The fourth-order valence-corrected chi connectivity index (χ4v) is 4.29. The molecule has 3 heteroatoms. The fraction of sp³-hybridized carbons (Fsp3) is 0.714. The molecular formula is C21H35N3. The highest BCUT2D eigenvalue weighted by Crippen LogP contribution is 2.29. The third-order valence-electron chi connectivity index (χ3n) is 5.90. The number of benzene rings is 1. The maximum Gasteiger partial charge on any atom is 0.0600 e. The van der Waals surface area contributed by atoms with E-state index in [1.807, 2.05) is 0 Å². The highest BCUT2D eigenvalue weighted by atomic mass is 15.1. The zero-order valence-electron chi connectivity index (χ0n) is 15.6. The van der Waals surface area contributed by atoms with Crippen molar-refractivity contribution >= 4 is 11.4 Å². The van der Waals surface area contributed by atoms with Gasteiger partial charge in [-0.15, -0.1) is 0 Å². The number of hydrogen-bond acceptors (Lipinski definition) is 3. The summed E-state index contributed by atoms with van der Waals surface area (Å²) in [7, 11) is 0. The van der Waals surface area contributed by atoms with E-state index in [0.717, 1.165) is 37.0 Å². The minimum absolute atomic E-state index is 0.860. The number of nitrogens with zero attached hydrogens (tertiary/aromatic N) is 2. The summed E-state index contributed by atoms with van der Waals surface area (Å²) in [5, 5.41) is 0. The second-order valence-corrected chi connectivity index (χ2v) is 8.21. The summed E-state index contributed by atoms with van der Waals surface area (Å²) in [5.41, 5.74) is 9.97. The van der Waals surface area contributed by atoms with Crippen LogP contribution in [0.4, 0.5) is 11.4 Å². The van der Waals surface area contributed by atoms with Crippen molar-refractivity contribution in [2.45, 2.75) is 52.4 Å². The van der Waals surface area contributed by atoms with Crippen molar-refractivity contribution in [3.8, 4) is 0 Å². The molecule has 2 N–H and O–H groups in total. The first-order valence-corrected chi connectivity index (χ1v) is 9.97. The van der Waals surface area contributed by atoms with Crippen molar-refractivity contribution in [1.29, 1.82) is 0 Å². The normalized spacial score (nSPS) is 23.6. The molecule has 3 nitrogen and oxygen atoms in total. The van der Waals surface area contributed by atoms with Crippen LogP contribution in [0.2, 0.25) is 0 Å². The average Bonchev–Trinajstić information content (AvgIpc) is 2.56. The van der Waals surface area contributed by atoms with Crippen molar-refractivity contribution in [2.75, 3.05) is 43.4 Å². The van der Waals surface area contributed by atoms with E-state index in [1.165, 1.54) is 63.0 Å². The Kier molecular flexibility index (Phi) is 6.04. The number of nitrogens with two attached hydrogens (primary N) is 1. The zero-order chi connectivity index (χ0) is 16.9. The topological polar surface area (TPSA) is 32.5 Å². The quantitative estimate of drug-likeness (QED) is 0.823. The van der Waals surface area contributed by atoms with Crippen LogP contribution in [0, 0.1) is 11.8 Å². The van der Waals surface area contributed by atoms with Crippen LogP contribution < -0.4 is 10.6 Å². The molecule has 0 aromatic heterocycles. The predicted molar refractivity (Wildman–Crippen MR) is 105 cm³/mol. The Balaban J connectivity index is 1.49. The lowest BCUT2D eigenvalue weighted by Gasteiger charge is -2.33. The molecule has 0 saturated carbocycles. The Labute approximate surface area is 148 Å². The van der Waals surface area contributed by atoms with Crippen LogP contribution in [0.5, 0.6) is 0 Å². The molecule has 2 saturated heterocycles. The van der Waals surface area contributed by atoms with Crippen LogP contribution in [0.3, 0.4) is 0 Å². The highest BCUT2D eigenvalue weighted by Gasteiger charge is 2.18. The van der Waals surface area contributed by atoms with Crippen molar-refractivity contribution < 1.29 is 0 Å². The summed E-state index contributed by atoms with van der Waals surface area (Å²) in [6, 6.07) is 6.76. The largest absolute Gasteiger partial charge is 0.397 e. The Morgan fingerprint density at radius 2 is 1.83 bits per heavy atom. The maximum atomic E-state index is 6.37. The van der Waals surface area contributed by atoms with Crippen molar-refractivity contribution in [3.05, 3.63) is 23.8 Å². The first-order chi connectivity index (χ1) is 11.6. The Hall–Kier alpha value is -1.22. The van der Waals surface area contributed by atoms with E-state index in [0.29, 0.717) is 0 Å². The van der Waals surface area contributed by atoms with Gasteiger partial charge in [0.15, 0.2) is 0 Å². The predicted octanol–water partition coefficient (Wildman–Crippen LogP) is 4.17. The number of hydrogen-bond donors (Lipinski definition) is 1. The first-order valence-electron chi connectivity index (χ1n) is 9.97. The number of piperidine rings is 2. The molecule has 0 spiro atoms. The summed E-state index contributed by atoms with van der Waals surface area (Å²) in [4.78, 5) is 5.11. The summed E-state index contributed by atoms with van der Waals surface area (Å²) < 4.78 is 0. The molecule has 2 fully saturated rings. The molecule has 0 aliphatic carbocycles. The molecule has 1 atom stereocenters. The molecule has 0 radical (unpaired) electrons. The number of nitrogen functional groups attached to an aromatic ring is 1. The molecule has 0 bridgehead atoms. The monoisotopic (exact) mass is 329 g/mol. The third kappa shape index (κ3) is 4.66. The minimum Gasteiger partial charge on any atom is -0.397 e. The van der Waals surface area contributed by atoms with Crippen LogP contribution in [0.1, 0.15) is 51.5 Å². The van der Waals surface area contributed by atoms with Gasteiger partial charge in [0.25, 0.3) is 0 Å². The molecule has 1 aromatic carbocycles. The van der Waals surface area contributed by atoms with Gasteiger partial charge < -0.3 is 15.5 Å². The van der Waals surface area contributed by atoms with Crippen LogP contribution >= 0.6 is 0 Å². The van der Waals surface area contributed by atoms with E-state index in [1.54, 1.807) is 0 Å². The minimum atomic E-state index is 0.860. The third-order valence-corrected chi connectivity index (χ3v) is 5.90. The molecule has 2 aliphatic rings. The molecule has 2 heterocycles. The van der Waals surface area contributed by atoms with Gasteiger partial charge in [-0.05, 0) is 81.1 Å². The molecule has 3 rings (SSSR count). The second-order valence-electron chi connectivity index (χ2n) is 8.21. The van der Waals surface area contributed by atoms with Crippen LogP contribution in [0.15, 0.2) is 18.2 Å². The number of rotatable bonds is 5. The van der Waals surface area contributed by atoms with Gasteiger partial charge in [-0.3, -0.25) is 0 Å². The summed E-state index contributed by atoms with van der Waals surface area (Å²) in [5.74, 6) is 1.74. The van der Waals surface area contributed by atoms with E-state index < -0.39 is 0 Å². The van der Waals surface area contributed by atoms with E-state index in [2.05, 4.69) is 41.8 Å². The van der Waals surface area contributed by atoms with Crippen LogP contribution in [-0.2, 0) is 6.42 Å². The van der Waals surface area contributed by atoms with Gasteiger partial charge in [-0.2, -0.15) is 0 Å².